The molecule has 2 heteroatoms. The Labute approximate surface area is 355 Å². The number of rotatable bonds is 6. The zero-order chi connectivity index (χ0) is 40.3. The standard InChI is InChI=1S/C59H38N2/c1-4-18-40(19-5-1)58-60-56(50-30-16-22-39-17-12-13-27-46(39)50)38-57(61-58)51-33-32-47(48-28-14-15-29-49(48)51)43-31-34-54-52(36-43)53-35-41-20-10-11-21-42(41)37-55(53)59(54,44-23-6-2-7-24-44)45-25-8-3-9-26-45/h1-38H. The number of hydrogen-bond donors (Lipinski definition) is 0. The molecule has 0 atom stereocenters. The van der Waals surface area contributed by atoms with Crippen LogP contribution in [0.3, 0.4) is 0 Å². The summed E-state index contributed by atoms with van der Waals surface area (Å²) in [5.74, 6) is 0.708. The third kappa shape index (κ3) is 5.57. The molecule has 1 aromatic heterocycles. The molecule has 61 heavy (non-hydrogen) atoms. The molecule has 0 bridgehead atoms. The number of fused-ring (bicyclic) bond motifs is 6. The summed E-state index contributed by atoms with van der Waals surface area (Å²) < 4.78 is 0. The first-order valence-corrected chi connectivity index (χ1v) is 21.0. The van der Waals surface area contributed by atoms with Gasteiger partial charge in [0.05, 0.1) is 16.8 Å². The lowest BCUT2D eigenvalue weighted by molar-refractivity contribution is 0.769. The SMILES string of the molecule is c1ccc(-c2nc(-c3cccc4ccccc34)cc(-c3ccc(-c4ccc5c(c4)-c4cc6ccccc6cc4C5(c4ccccc4)c4ccccc4)c4ccccc34)n2)cc1. The fourth-order valence-electron chi connectivity index (χ4n) is 10.0. The summed E-state index contributed by atoms with van der Waals surface area (Å²) in [6.45, 7) is 0. The van der Waals surface area contributed by atoms with Crippen LogP contribution in [-0.2, 0) is 5.41 Å². The number of aromatic nitrogens is 2. The van der Waals surface area contributed by atoms with Crippen molar-refractivity contribution in [3.8, 4) is 56.2 Å². The van der Waals surface area contributed by atoms with Crippen molar-refractivity contribution in [2.45, 2.75) is 5.41 Å². The molecule has 1 aliphatic rings. The van der Waals surface area contributed by atoms with Crippen LogP contribution in [0, 0.1) is 0 Å². The van der Waals surface area contributed by atoms with E-state index in [4.69, 9.17) is 9.97 Å². The van der Waals surface area contributed by atoms with Gasteiger partial charge in [-0.2, -0.15) is 0 Å². The van der Waals surface area contributed by atoms with Gasteiger partial charge in [-0.05, 0) is 101 Å². The fourth-order valence-corrected chi connectivity index (χ4v) is 10.0. The molecule has 284 valence electrons. The fraction of sp³-hybridized carbons (Fsp3) is 0.0169. The van der Waals surface area contributed by atoms with Crippen LogP contribution in [-0.4, -0.2) is 9.97 Å². The van der Waals surface area contributed by atoms with Crippen LogP contribution in [0.4, 0.5) is 0 Å². The quantitative estimate of drug-likeness (QED) is 0.168. The molecule has 11 aromatic rings. The molecule has 0 aliphatic heterocycles. The summed E-state index contributed by atoms with van der Waals surface area (Å²) in [5.41, 5.74) is 14.5. The largest absolute Gasteiger partial charge is 0.228 e. The van der Waals surface area contributed by atoms with Gasteiger partial charge in [-0.3, -0.25) is 0 Å². The third-order valence-electron chi connectivity index (χ3n) is 12.8. The predicted molar refractivity (Wildman–Crippen MR) is 254 cm³/mol. The van der Waals surface area contributed by atoms with Gasteiger partial charge in [0, 0.05) is 16.7 Å². The molecule has 0 N–H and O–H groups in total. The number of nitrogens with zero attached hydrogens (tertiary/aromatic N) is 2. The Kier molecular flexibility index (Phi) is 8.11. The molecule has 2 nitrogen and oxygen atoms in total. The monoisotopic (exact) mass is 774 g/mol. The maximum Gasteiger partial charge on any atom is 0.160 e. The minimum Gasteiger partial charge on any atom is -0.228 e. The number of benzene rings is 10. The predicted octanol–water partition coefficient (Wildman–Crippen LogP) is 15.0. The molecule has 1 aliphatic carbocycles. The summed E-state index contributed by atoms with van der Waals surface area (Å²) in [6.07, 6.45) is 0. The van der Waals surface area contributed by atoms with Crippen molar-refractivity contribution < 1.29 is 0 Å². The third-order valence-corrected chi connectivity index (χ3v) is 12.8. The van der Waals surface area contributed by atoms with E-state index in [0.717, 1.165) is 33.5 Å². The van der Waals surface area contributed by atoms with Crippen LogP contribution in [0.2, 0.25) is 0 Å². The topological polar surface area (TPSA) is 25.8 Å². The Morgan fingerprint density at radius 3 is 1.48 bits per heavy atom. The Balaban J connectivity index is 1.07. The van der Waals surface area contributed by atoms with Gasteiger partial charge >= 0.3 is 0 Å². The molecule has 0 unspecified atom stereocenters. The first-order valence-electron chi connectivity index (χ1n) is 21.0. The van der Waals surface area contributed by atoms with Gasteiger partial charge in [0.1, 0.15) is 0 Å². The molecule has 10 aromatic carbocycles. The van der Waals surface area contributed by atoms with Crippen LogP contribution in [0.15, 0.2) is 231 Å². The van der Waals surface area contributed by atoms with E-state index >= 15 is 0 Å². The van der Waals surface area contributed by atoms with E-state index < -0.39 is 5.41 Å². The van der Waals surface area contributed by atoms with Crippen molar-refractivity contribution in [1.29, 1.82) is 0 Å². The normalized spacial score (nSPS) is 12.7. The van der Waals surface area contributed by atoms with E-state index in [2.05, 4.69) is 212 Å². The highest BCUT2D eigenvalue weighted by Crippen LogP contribution is 2.57. The van der Waals surface area contributed by atoms with E-state index in [1.54, 1.807) is 0 Å². The molecule has 1 heterocycles. The van der Waals surface area contributed by atoms with E-state index in [0.29, 0.717) is 5.82 Å². The molecule has 0 amide bonds. The minimum atomic E-state index is -0.479. The van der Waals surface area contributed by atoms with Gasteiger partial charge in [-0.1, -0.05) is 206 Å². The maximum absolute atomic E-state index is 5.29. The second-order valence-electron chi connectivity index (χ2n) is 16.0. The van der Waals surface area contributed by atoms with Crippen LogP contribution >= 0.6 is 0 Å². The van der Waals surface area contributed by atoms with Gasteiger partial charge in [0.15, 0.2) is 5.82 Å². The van der Waals surface area contributed by atoms with Crippen LogP contribution in [0.5, 0.6) is 0 Å². The van der Waals surface area contributed by atoms with Crippen molar-refractivity contribution in [2.75, 3.05) is 0 Å². The van der Waals surface area contributed by atoms with Crippen molar-refractivity contribution in [1.82, 2.24) is 9.97 Å². The summed E-state index contributed by atoms with van der Waals surface area (Å²) in [5, 5.41) is 7.18. The molecule has 0 saturated carbocycles. The summed E-state index contributed by atoms with van der Waals surface area (Å²) >= 11 is 0. The summed E-state index contributed by atoms with van der Waals surface area (Å²) in [6, 6.07) is 83.7. The van der Waals surface area contributed by atoms with Crippen LogP contribution in [0.25, 0.3) is 88.5 Å². The minimum absolute atomic E-state index is 0.479. The molecular formula is C59H38N2. The summed E-state index contributed by atoms with van der Waals surface area (Å²) in [7, 11) is 0. The second-order valence-corrected chi connectivity index (χ2v) is 16.0. The molecule has 12 rings (SSSR count). The summed E-state index contributed by atoms with van der Waals surface area (Å²) in [4.78, 5) is 10.5. The molecule has 0 fully saturated rings. The van der Waals surface area contributed by atoms with Crippen molar-refractivity contribution in [2.24, 2.45) is 0 Å². The average Bonchev–Trinajstić information content (AvgIpc) is 3.62. The van der Waals surface area contributed by atoms with Gasteiger partial charge in [0.25, 0.3) is 0 Å². The van der Waals surface area contributed by atoms with Gasteiger partial charge in [-0.15, -0.1) is 0 Å². The highest BCUT2D eigenvalue weighted by Gasteiger charge is 2.46. The molecular weight excluding hydrogens is 737 g/mol. The Bertz CT molecular complexity index is 3420. The lowest BCUT2D eigenvalue weighted by Gasteiger charge is -2.34. The molecule has 0 radical (unpaired) electrons. The Morgan fingerprint density at radius 2 is 0.787 bits per heavy atom. The first-order chi connectivity index (χ1) is 30.2. The van der Waals surface area contributed by atoms with E-state index in [9.17, 15) is 0 Å². The second kappa shape index (κ2) is 14.1. The maximum atomic E-state index is 5.29. The van der Waals surface area contributed by atoms with E-state index in [1.807, 2.05) is 18.2 Å². The molecule has 0 spiro atoms. The zero-order valence-electron chi connectivity index (χ0n) is 33.3. The highest BCUT2D eigenvalue weighted by atomic mass is 14.9. The van der Waals surface area contributed by atoms with Crippen molar-refractivity contribution in [3.63, 3.8) is 0 Å². The smallest absolute Gasteiger partial charge is 0.160 e. The lowest BCUT2D eigenvalue weighted by Crippen LogP contribution is -2.28. The van der Waals surface area contributed by atoms with Gasteiger partial charge < -0.3 is 0 Å². The van der Waals surface area contributed by atoms with Gasteiger partial charge in [0.2, 0.25) is 0 Å². The van der Waals surface area contributed by atoms with Crippen molar-refractivity contribution in [3.05, 3.63) is 253 Å². The van der Waals surface area contributed by atoms with Crippen molar-refractivity contribution >= 4 is 32.3 Å². The molecule has 0 saturated heterocycles. The number of hydrogen-bond acceptors (Lipinski definition) is 2. The zero-order valence-corrected chi connectivity index (χ0v) is 33.3. The van der Waals surface area contributed by atoms with E-state index in [1.165, 1.54) is 71.4 Å². The van der Waals surface area contributed by atoms with Crippen LogP contribution in [0.1, 0.15) is 22.3 Å². The Hall–Kier alpha value is -7.94. The average molecular weight is 775 g/mol. The van der Waals surface area contributed by atoms with Gasteiger partial charge in [-0.25, -0.2) is 9.97 Å². The highest BCUT2D eigenvalue weighted by molar-refractivity contribution is 6.06. The first kappa shape index (κ1) is 35.0. The Morgan fingerprint density at radius 1 is 0.279 bits per heavy atom. The van der Waals surface area contributed by atoms with E-state index in [-0.39, 0.29) is 0 Å². The van der Waals surface area contributed by atoms with Crippen LogP contribution < -0.4 is 0 Å². The lowest BCUT2D eigenvalue weighted by atomic mass is 9.67.